The van der Waals surface area contributed by atoms with E-state index in [0.717, 1.165) is 12.1 Å². The number of nitrogen functional groups attached to an aromatic ring is 1. The molecule has 1 rings (SSSR count). The fourth-order valence-corrected chi connectivity index (χ4v) is 1.53. The van der Waals surface area contributed by atoms with Crippen LogP contribution in [0.5, 0.6) is 0 Å². The van der Waals surface area contributed by atoms with E-state index in [2.05, 4.69) is 18.9 Å². The second-order valence-corrected chi connectivity index (χ2v) is 3.81. The van der Waals surface area contributed by atoms with Gasteiger partial charge in [0, 0.05) is 18.3 Å². The number of rotatable bonds is 4. The zero-order chi connectivity index (χ0) is 9.84. The number of anilines is 1. The third kappa shape index (κ3) is 2.76. The molecule has 13 heavy (non-hydrogen) atoms. The van der Waals surface area contributed by atoms with E-state index in [4.69, 9.17) is 5.73 Å². The van der Waals surface area contributed by atoms with Gasteiger partial charge < -0.3 is 5.73 Å². The summed E-state index contributed by atoms with van der Waals surface area (Å²) in [5.74, 6) is 1.34. The molecule has 2 N–H and O–H groups in total. The van der Waals surface area contributed by atoms with Crippen molar-refractivity contribution in [2.75, 3.05) is 5.73 Å². The molecular weight excluding hydrogens is 162 g/mol. The Morgan fingerprint density at radius 2 is 2.31 bits per heavy atom. The lowest BCUT2D eigenvalue weighted by atomic mass is 10.1. The molecule has 0 fully saturated rings. The molecule has 1 heterocycles. The summed E-state index contributed by atoms with van der Waals surface area (Å²) in [4.78, 5) is 0. The van der Waals surface area contributed by atoms with Gasteiger partial charge in [-0.15, -0.1) is 0 Å². The molecular formula is C10H19N3. The lowest BCUT2D eigenvalue weighted by molar-refractivity contribution is 0.421. The SMILES string of the molecule is CCCC(C)Cn1cc(C)c(N)n1. The Labute approximate surface area is 79.9 Å². The topological polar surface area (TPSA) is 43.8 Å². The van der Waals surface area contributed by atoms with Gasteiger partial charge in [0.25, 0.3) is 0 Å². The minimum Gasteiger partial charge on any atom is -0.382 e. The van der Waals surface area contributed by atoms with Crippen LogP contribution in [0, 0.1) is 12.8 Å². The molecule has 3 heteroatoms. The van der Waals surface area contributed by atoms with E-state index in [9.17, 15) is 0 Å². The van der Waals surface area contributed by atoms with Crippen LogP contribution >= 0.6 is 0 Å². The predicted molar refractivity (Wildman–Crippen MR) is 55.4 cm³/mol. The molecule has 1 aromatic heterocycles. The van der Waals surface area contributed by atoms with Crippen molar-refractivity contribution in [3.63, 3.8) is 0 Å². The van der Waals surface area contributed by atoms with Crippen molar-refractivity contribution in [2.24, 2.45) is 5.92 Å². The van der Waals surface area contributed by atoms with Gasteiger partial charge in [0.15, 0.2) is 0 Å². The second-order valence-electron chi connectivity index (χ2n) is 3.81. The Morgan fingerprint density at radius 1 is 1.62 bits per heavy atom. The molecule has 0 saturated carbocycles. The summed E-state index contributed by atoms with van der Waals surface area (Å²) >= 11 is 0. The third-order valence-corrected chi connectivity index (χ3v) is 2.26. The zero-order valence-corrected chi connectivity index (χ0v) is 8.75. The monoisotopic (exact) mass is 181 g/mol. The maximum atomic E-state index is 5.66. The normalized spacial score (nSPS) is 13.2. The van der Waals surface area contributed by atoms with Crippen molar-refractivity contribution >= 4 is 5.82 Å². The number of nitrogens with zero attached hydrogens (tertiary/aromatic N) is 2. The summed E-state index contributed by atoms with van der Waals surface area (Å²) in [6.07, 6.45) is 4.50. The van der Waals surface area contributed by atoms with Crippen LogP contribution in [-0.2, 0) is 6.54 Å². The van der Waals surface area contributed by atoms with Gasteiger partial charge in [-0.25, -0.2) is 0 Å². The third-order valence-electron chi connectivity index (χ3n) is 2.26. The maximum Gasteiger partial charge on any atom is 0.148 e. The Bertz CT molecular complexity index is 246. The van der Waals surface area contributed by atoms with Crippen LogP contribution in [0.2, 0.25) is 0 Å². The van der Waals surface area contributed by atoms with Crippen LogP contribution in [0.4, 0.5) is 5.82 Å². The van der Waals surface area contributed by atoms with Crippen LogP contribution in [0.1, 0.15) is 32.3 Å². The first kappa shape index (κ1) is 10.1. The number of hydrogen-bond acceptors (Lipinski definition) is 2. The molecule has 0 saturated heterocycles. The summed E-state index contributed by atoms with van der Waals surface area (Å²) < 4.78 is 1.95. The fraction of sp³-hybridized carbons (Fsp3) is 0.700. The van der Waals surface area contributed by atoms with Crippen LogP contribution in [0.25, 0.3) is 0 Å². The standard InChI is InChI=1S/C10H19N3/c1-4-5-8(2)6-13-7-9(3)10(11)12-13/h7-8H,4-6H2,1-3H3,(H2,11,12). The van der Waals surface area contributed by atoms with Crippen LogP contribution in [0.15, 0.2) is 6.20 Å². The Kier molecular flexibility index (Phi) is 3.34. The summed E-state index contributed by atoms with van der Waals surface area (Å²) in [5, 5.41) is 4.23. The van der Waals surface area contributed by atoms with Crippen molar-refractivity contribution < 1.29 is 0 Å². The summed E-state index contributed by atoms with van der Waals surface area (Å²) in [6.45, 7) is 7.42. The summed E-state index contributed by atoms with van der Waals surface area (Å²) in [6, 6.07) is 0. The highest BCUT2D eigenvalue weighted by Gasteiger charge is 2.04. The number of nitrogens with two attached hydrogens (primary N) is 1. The van der Waals surface area contributed by atoms with Crippen molar-refractivity contribution in [2.45, 2.75) is 40.2 Å². The van der Waals surface area contributed by atoms with Gasteiger partial charge in [0.1, 0.15) is 5.82 Å². The Morgan fingerprint density at radius 3 is 2.77 bits per heavy atom. The first-order valence-corrected chi connectivity index (χ1v) is 4.93. The highest BCUT2D eigenvalue weighted by molar-refractivity contribution is 5.35. The van der Waals surface area contributed by atoms with E-state index in [1.54, 1.807) is 0 Å². The van der Waals surface area contributed by atoms with Crippen molar-refractivity contribution in [3.05, 3.63) is 11.8 Å². The van der Waals surface area contributed by atoms with Crippen LogP contribution < -0.4 is 5.73 Å². The van der Waals surface area contributed by atoms with Gasteiger partial charge in [-0.1, -0.05) is 20.3 Å². The molecule has 0 aliphatic carbocycles. The predicted octanol–water partition coefficient (Wildman–Crippen LogP) is 2.21. The average molecular weight is 181 g/mol. The fourth-order valence-electron chi connectivity index (χ4n) is 1.53. The second kappa shape index (κ2) is 4.30. The van der Waals surface area contributed by atoms with Crippen LogP contribution in [-0.4, -0.2) is 9.78 Å². The summed E-state index contributed by atoms with van der Waals surface area (Å²) in [5.41, 5.74) is 6.73. The largest absolute Gasteiger partial charge is 0.382 e. The van der Waals surface area contributed by atoms with Gasteiger partial charge in [-0.05, 0) is 19.3 Å². The molecule has 1 unspecified atom stereocenters. The van der Waals surface area contributed by atoms with Crippen molar-refractivity contribution in [3.8, 4) is 0 Å². The van der Waals surface area contributed by atoms with E-state index in [-0.39, 0.29) is 0 Å². The van der Waals surface area contributed by atoms with Gasteiger partial charge in [-0.2, -0.15) is 5.10 Å². The maximum absolute atomic E-state index is 5.66. The molecule has 0 aliphatic heterocycles. The number of aromatic nitrogens is 2. The molecule has 0 aromatic carbocycles. The molecule has 1 atom stereocenters. The molecule has 1 aromatic rings. The Hall–Kier alpha value is -0.990. The lowest BCUT2D eigenvalue weighted by Crippen LogP contribution is -2.08. The minimum atomic E-state index is 0.656. The van der Waals surface area contributed by atoms with Crippen molar-refractivity contribution in [1.82, 2.24) is 9.78 Å². The smallest absolute Gasteiger partial charge is 0.148 e. The van der Waals surface area contributed by atoms with Gasteiger partial charge in [0.05, 0.1) is 0 Å². The zero-order valence-electron chi connectivity index (χ0n) is 8.75. The van der Waals surface area contributed by atoms with E-state index >= 15 is 0 Å². The van der Waals surface area contributed by atoms with Crippen LogP contribution in [0.3, 0.4) is 0 Å². The molecule has 0 radical (unpaired) electrons. The summed E-state index contributed by atoms with van der Waals surface area (Å²) in [7, 11) is 0. The molecule has 0 amide bonds. The van der Waals surface area contributed by atoms with E-state index < -0.39 is 0 Å². The van der Waals surface area contributed by atoms with E-state index in [1.807, 2.05) is 17.8 Å². The van der Waals surface area contributed by atoms with Gasteiger partial charge in [-0.3, -0.25) is 4.68 Å². The van der Waals surface area contributed by atoms with Crippen molar-refractivity contribution in [1.29, 1.82) is 0 Å². The van der Waals surface area contributed by atoms with Gasteiger partial charge in [0.2, 0.25) is 0 Å². The first-order valence-electron chi connectivity index (χ1n) is 4.93. The first-order chi connectivity index (χ1) is 6.13. The Balaban J connectivity index is 2.53. The quantitative estimate of drug-likeness (QED) is 0.774. The van der Waals surface area contributed by atoms with E-state index in [1.165, 1.54) is 12.8 Å². The minimum absolute atomic E-state index is 0.656. The molecule has 3 nitrogen and oxygen atoms in total. The molecule has 0 spiro atoms. The van der Waals surface area contributed by atoms with Gasteiger partial charge >= 0.3 is 0 Å². The number of aryl methyl sites for hydroxylation is 1. The number of hydrogen-bond donors (Lipinski definition) is 1. The average Bonchev–Trinajstić information content (AvgIpc) is 2.31. The highest BCUT2D eigenvalue weighted by Crippen LogP contribution is 2.11. The lowest BCUT2D eigenvalue weighted by Gasteiger charge is -2.09. The molecule has 0 bridgehead atoms. The highest BCUT2D eigenvalue weighted by atomic mass is 15.3. The molecule has 74 valence electrons. The molecule has 0 aliphatic rings. The van der Waals surface area contributed by atoms with E-state index in [0.29, 0.717) is 11.7 Å².